The fourth-order valence-corrected chi connectivity index (χ4v) is 2.53. The lowest BCUT2D eigenvalue weighted by atomic mass is 10.3. The first-order valence-electron chi connectivity index (χ1n) is 3.43. The normalized spacial score (nSPS) is 22.1. The summed E-state index contributed by atoms with van der Waals surface area (Å²) in [6, 6.07) is 2.03. The van der Waals surface area contributed by atoms with Crippen molar-refractivity contribution in [3.63, 3.8) is 0 Å². The lowest BCUT2D eigenvalue weighted by molar-refractivity contribution is 0.177. The van der Waals surface area contributed by atoms with Crippen LogP contribution in [0, 0.1) is 0 Å². The van der Waals surface area contributed by atoms with E-state index in [1.807, 2.05) is 11.4 Å². The maximum absolute atomic E-state index is 10.7. The van der Waals surface area contributed by atoms with Crippen LogP contribution in [0.2, 0.25) is 0 Å². The van der Waals surface area contributed by atoms with E-state index in [9.17, 15) is 4.79 Å². The van der Waals surface area contributed by atoms with Crippen LogP contribution in [0.1, 0.15) is 10.9 Å². The molecular weight excluding hydrogens is 242 g/mol. The summed E-state index contributed by atoms with van der Waals surface area (Å²) in [5.41, 5.74) is 0. The third-order valence-corrected chi connectivity index (χ3v) is 3.41. The molecule has 1 aromatic heterocycles. The van der Waals surface area contributed by atoms with E-state index >= 15 is 0 Å². The zero-order valence-electron chi connectivity index (χ0n) is 6.04. The molecule has 0 radical (unpaired) electrons. The number of alkyl carbamates (subject to hydrolysis) is 1. The van der Waals surface area contributed by atoms with Gasteiger partial charge in [0.25, 0.3) is 0 Å². The third-order valence-electron chi connectivity index (χ3n) is 1.60. The Morgan fingerprint density at radius 3 is 3.08 bits per heavy atom. The summed E-state index contributed by atoms with van der Waals surface area (Å²) in [6.07, 6.45) is -0.329. The molecule has 1 amide bonds. The fourth-order valence-electron chi connectivity index (χ4n) is 1.05. The number of nitrogens with one attached hydrogen (secondary N) is 1. The molecule has 1 aromatic rings. The molecule has 64 valence electrons. The molecule has 1 N–H and O–H groups in total. The van der Waals surface area contributed by atoms with Crippen molar-refractivity contribution < 1.29 is 9.53 Å². The second kappa shape index (κ2) is 3.06. The summed E-state index contributed by atoms with van der Waals surface area (Å²) in [5.74, 6) is 0. The smallest absolute Gasteiger partial charge is 0.407 e. The molecule has 0 saturated carbocycles. The second-order valence-electron chi connectivity index (χ2n) is 2.46. The first kappa shape index (κ1) is 8.07. The lowest BCUT2D eigenvalue weighted by Gasteiger charge is -2.01. The van der Waals surface area contributed by atoms with Crippen molar-refractivity contribution in [2.24, 2.45) is 0 Å². The van der Waals surface area contributed by atoms with E-state index in [1.54, 1.807) is 11.3 Å². The minimum Gasteiger partial charge on any atom is -0.447 e. The van der Waals surface area contributed by atoms with Gasteiger partial charge in [0.15, 0.2) is 0 Å². The van der Waals surface area contributed by atoms with E-state index in [-0.39, 0.29) is 12.1 Å². The lowest BCUT2D eigenvalue weighted by Crippen LogP contribution is -2.17. The predicted octanol–water partition coefficient (Wildman–Crippen LogP) is 2.29. The third kappa shape index (κ3) is 1.47. The Labute approximate surface area is 81.9 Å². The number of rotatable bonds is 1. The number of hydrogen-bond acceptors (Lipinski definition) is 3. The van der Waals surface area contributed by atoms with Crippen molar-refractivity contribution >= 4 is 33.4 Å². The first-order chi connectivity index (χ1) is 5.75. The summed E-state index contributed by atoms with van der Waals surface area (Å²) in [5, 5.41) is 4.70. The van der Waals surface area contributed by atoms with Crippen molar-refractivity contribution in [1.82, 2.24) is 5.32 Å². The standard InChI is InChI=1S/C7H6BrNO2S/c8-4-1-6(12-3-4)5-2-11-7(10)9-5/h1,3,5H,2H2,(H,9,10)/t5-/m1/s1. The highest BCUT2D eigenvalue weighted by Crippen LogP contribution is 2.27. The zero-order chi connectivity index (χ0) is 8.55. The van der Waals surface area contributed by atoms with Gasteiger partial charge in [0, 0.05) is 14.7 Å². The van der Waals surface area contributed by atoms with Crippen LogP contribution in [0.5, 0.6) is 0 Å². The summed E-state index contributed by atoms with van der Waals surface area (Å²) >= 11 is 4.96. The van der Waals surface area contributed by atoms with E-state index < -0.39 is 0 Å². The molecule has 1 fully saturated rings. The second-order valence-corrected chi connectivity index (χ2v) is 4.32. The quantitative estimate of drug-likeness (QED) is 0.828. The number of carbonyl (C=O) groups is 1. The summed E-state index contributed by atoms with van der Waals surface area (Å²) in [4.78, 5) is 11.8. The molecule has 1 aliphatic rings. The monoisotopic (exact) mass is 247 g/mol. The highest BCUT2D eigenvalue weighted by molar-refractivity contribution is 9.10. The van der Waals surface area contributed by atoms with Crippen molar-refractivity contribution in [3.8, 4) is 0 Å². The highest BCUT2D eigenvalue weighted by atomic mass is 79.9. The molecule has 1 aliphatic heterocycles. The minimum atomic E-state index is -0.329. The van der Waals surface area contributed by atoms with Crippen LogP contribution in [0.3, 0.4) is 0 Å². The molecule has 0 aromatic carbocycles. The Kier molecular flexibility index (Phi) is 2.06. The van der Waals surface area contributed by atoms with Crippen LogP contribution in [-0.4, -0.2) is 12.7 Å². The number of carbonyl (C=O) groups excluding carboxylic acids is 1. The Hall–Kier alpha value is -0.550. The number of amides is 1. The summed E-state index contributed by atoms with van der Waals surface area (Å²) < 4.78 is 5.82. The molecule has 2 rings (SSSR count). The molecule has 0 spiro atoms. The SMILES string of the molecule is O=C1N[C@@H](c2cc(Br)cs2)CO1. The van der Waals surface area contributed by atoms with Gasteiger partial charge in [-0.25, -0.2) is 4.79 Å². The van der Waals surface area contributed by atoms with Gasteiger partial charge in [0.05, 0.1) is 0 Å². The van der Waals surface area contributed by atoms with Gasteiger partial charge in [-0.15, -0.1) is 11.3 Å². The molecule has 5 heteroatoms. The van der Waals surface area contributed by atoms with Crippen molar-refractivity contribution in [3.05, 3.63) is 20.8 Å². The van der Waals surface area contributed by atoms with Crippen LogP contribution in [0.25, 0.3) is 0 Å². The van der Waals surface area contributed by atoms with E-state index in [4.69, 9.17) is 4.74 Å². The van der Waals surface area contributed by atoms with Gasteiger partial charge in [-0.1, -0.05) is 0 Å². The van der Waals surface area contributed by atoms with Gasteiger partial charge >= 0.3 is 6.09 Å². The molecule has 1 saturated heterocycles. The van der Waals surface area contributed by atoms with Crippen LogP contribution < -0.4 is 5.32 Å². The number of cyclic esters (lactones) is 1. The van der Waals surface area contributed by atoms with Crippen LogP contribution in [-0.2, 0) is 4.74 Å². The van der Waals surface area contributed by atoms with Gasteiger partial charge in [0.2, 0.25) is 0 Å². The summed E-state index contributed by atoms with van der Waals surface area (Å²) in [7, 11) is 0. The van der Waals surface area contributed by atoms with E-state index in [0.29, 0.717) is 6.61 Å². The summed E-state index contributed by atoms with van der Waals surface area (Å²) in [6.45, 7) is 0.436. The molecule has 0 bridgehead atoms. The maximum Gasteiger partial charge on any atom is 0.407 e. The topological polar surface area (TPSA) is 38.3 Å². The minimum absolute atomic E-state index is 0.0359. The van der Waals surface area contributed by atoms with E-state index in [1.165, 1.54) is 0 Å². The maximum atomic E-state index is 10.7. The zero-order valence-corrected chi connectivity index (χ0v) is 8.44. The van der Waals surface area contributed by atoms with Crippen LogP contribution in [0.4, 0.5) is 4.79 Å². The number of hydrogen-bond donors (Lipinski definition) is 1. The van der Waals surface area contributed by atoms with Crippen molar-refractivity contribution in [2.45, 2.75) is 6.04 Å². The highest BCUT2D eigenvalue weighted by Gasteiger charge is 2.24. The van der Waals surface area contributed by atoms with Gasteiger partial charge in [-0.05, 0) is 22.0 Å². The molecule has 12 heavy (non-hydrogen) atoms. The predicted molar refractivity (Wildman–Crippen MR) is 49.2 cm³/mol. The molecule has 2 heterocycles. The molecule has 1 atom stereocenters. The number of halogens is 1. The van der Waals surface area contributed by atoms with Crippen LogP contribution in [0.15, 0.2) is 15.9 Å². The average molecular weight is 248 g/mol. The van der Waals surface area contributed by atoms with Gasteiger partial charge in [0.1, 0.15) is 12.6 Å². The molecule has 3 nitrogen and oxygen atoms in total. The van der Waals surface area contributed by atoms with Crippen molar-refractivity contribution in [1.29, 1.82) is 0 Å². The van der Waals surface area contributed by atoms with Gasteiger partial charge in [-0.2, -0.15) is 0 Å². The average Bonchev–Trinajstić information content (AvgIpc) is 2.58. The Bertz CT molecular complexity index is 312. The Morgan fingerprint density at radius 2 is 2.58 bits per heavy atom. The fraction of sp³-hybridized carbons (Fsp3) is 0.286. The number of ether oxygens (including phenoxy) is 1. The van der Waals surface area contributed by atoms with E-state index in [0.717, 1.165) is 9.35 Å². The Balaban J connectivity index is 2.15. The Morgan fingerprint density at radius 1 is 1.75 bits per heavy atom. The van der Waals surface area contributed by atoms with Crippen LogP contribution >= 0.6 is 27.3 Å². The molecular formula is C7H6BrNO2S. The molecule has 0 unspecified atom stereocenters. The molecule has 0 aliphatic carbocycles. The van der Waals surface area contributed by atoms with E-state index in [2.05, 4.69) is 21.2 Å². The van der Waals surface area contributed by atoms with Crippen molar-refractivity contribution in [2.75, 3.05) is 6.61 Å². The largest absolute Gasteiger partial charge is 0.447 e. The first-order valence-corrected chi connectivity index (χ1v) is 5.10. The number of thiophene rings is 1. The van der Waals surface area contributed by atoms with Gasteiger partial charge < -0.3 is 10.1 Å². The van der Waals surface area contributed by atoms with Gasteiger partial charge in [-0.3, -0.25) is 0 Å².